The standard InChI is InChI=1S/C23H25N5O2S/c29-22(23(30)27-11-5-16(6-12-27)21-24-9-10-25-21)26-18-1-3-19(4-2-18)28-13-7-20-17(15-28)8-14-31-20/h1-4,8-10,14,16H,5-7,11-13,15H2,(H,24,25)(H,26,29). The van der Waals surface area contributed by atoms with E-state index in [0.29, 0.717) is 24.7 Å². The van der Waals surface area contributed by atoms with Gasteiger partial charge in [-0.3, -0.25) is 9.59 Å². The average Bonchev–Trinajstić information content (AvgIpc) is 3.51. The van der Waals surface area contributed by atoms with E-state index >= 15 is 0 Å². The summed E-state index contributed by atoms with van der Waals surface area (Å²) in [6, 6.07) is 9.95. The Labute approximate surface area is 185 Å². The zero-order chi connectivity index (χ0) is 21.2. The van der Waals surface area contributed by atoms with Crippen LogP contribution in [0.2, 0.25) is 0 Å². The summed E-state index contributed by atoms with van der Waals surface area (Å²) in [6.07, 6.45) is 6.24. The Balaban J connectivity index is 1.15. The number of piperidine rings is 1. The van der Waals surface area contributed by atoms with Crippen molar-refractivity contribution in [1.82, 2.24) is 14.9 Å². The molecule has 160 valence electrons. The zero-order valence-electron chi connectivity index (χ0n) is 17.2. The average molecular weight is 436 g/mol. The van der Waals surface area contributed by atoms with E-state index in [1.54, 1.807) is 11.1 Å². The number of hydrogen-bond acceptors (Lipinski definition) is 5. The molecule has 3 aromatic rings. The van der Waals surface area contributed by atoms with Gasteiger partial charge in [0.15, 0.2) is 0 Å². The molecule has 0 saturated carbocycles. The third kappa shape index (κ3) is 4.20. The molecule has 0 unspecified atom stereocenters. The van der Waals surface area contributed by atoms with E-state index in [1.165, 1.54) is 10.4 Å². The molecule has 2 N–H and O–H groups in total. The van der Waals surface area contributed by atoms with Crippen LogP contribution in [-0.2, 0) is 22.6 Å². The smallest absolute Gasteiger partial charge is 0.313 e. The molecule has 2 amide bonds. The molecule has 1 aromatic carbocycles. The number of aromatic amines is 1. The molecule has 0 aliphatic carbocycles. The van der Waals surface area contributed by atoms with Gasteiger partial charge in [0.1, 0.15) is 5.82 Å². The molecular weight excluding hydrogens is 410 g/mol. The second-order valence-corrected chi connectivity index (χ2v) is 9.08. The van der Waals surface area contributed by atoms with Crippen molar-refractivity contribution in [3.8, 4) is 0 Å². The van der Waals surface area contributed by atoms with Gasteiger partial charge in [-0.2, -0.15) is 0 Å². The van der Waals surface area contributed by atoms with Gasteiger partial charge in [-0.05, 0) is 60.5 Å². The van der Waals surface area contributed by atoms with Gasteiger partial charge < -0.3 is 20.1 Å². The summed E-state index contributed by atoms with van der Waals surface area (Å²) in [7, 11) is 0. The number of imidazole rings is 1. The number of anilines is 2. The van der Waals surface area contributed by atoms with Gasteiger partial charge in [-0.25, -0.2) is 4.98 Å². The second kappa shape index (κ2) is 8.55. The first-order valence-corrected chi connectivity index (χ1v) is 11.5. The van der Waals surface area contributed by atoms with Crippen LogP contribution in [-0.4, -0.2) is 46.3 Å². The Hall–Kier alpha value is -3.13. The molecule has 1 fully saturated rings. The number of fused-ring (bicyclic) bond motifs is 1. The Bertz CT molecular complexity index is 1050. The highest BCUT2D eigenvalue weighted by Gasteiger charge is 2.28. The number of likely N-dealkylation sites (tertiary alicyclic amines) is 1. The number of carbonyl (C=O) groups excluding carboxylic acids is 2. The number of aromatic nitrogens is 2. The number of thiophene rings is 1. The molecule has 0 radical (unpaired) electrons. The van der Waals surface area contributed by atoms with Crippen LogP contribution in [0.15, 0.2) is 48.1 Å². The van der Waals surface area contributed by atoms with E-state index in [9.17, 15) is 9.59 Å². The van der Waals surface area contributed by atoms with Gasteiger partial charge in [0.2, 0.25) is 0 Å². The Morgan fingerprint density at radius 2 is 1.90 bits per heavy atom. The molecule has 0 bridgehead atoms. The maximum absolute atomic E-state index is 12.6. The van der Waals surface area contributed by atoms with Crippen LogP contribution >= 0.6 is 11.3 Å². The number of benzene rings is 1. The summed E-state index contributed by atoms with van der Waals surface area (Å²) in [4.78, 5) is 38.0. The normalized spacial score (nSPS) is 16.8. The molecule has 0 atom stereocenters. The summed E-state index contributed by atoms with van der Waals surface area (Å²) in [6.45, 7) is 3.04. The number of H-pyrrole nitrogens is 1. The van der Waals surface area contributed by atoms with Crippen LogP contribution in [0.1, 0.15) is 35.0 Å². The van der Waals surface area contributed by atoms with Crippen LogP contribution in [0.4, 0.5) is 11.4 Å². The van der Waals surface area contributed by atoms with Crippen molar-refractivity contribution in [2.24, 2.45) is 0 Å². The number of nitrogens with one attached hydrogen (secondary N) is 2. The first-order valence-electron chi connectivity index (χ1n) is 10.7. The third-order valence-electron chi connectivity index (χ3n) is 6.18. The number of carbonyl (C=O) groups is 2. The summed E-state index contributed by atoms with van der Waals surface area (Å²) in [5.41, 5.74) is 3.16. The Morgan fingerprint density at radius 1 is 1.10 bits per heavy atom. The lowest BCUT2D eigenvalue weighted by Gasteiger charge is -2.30. The fourth-order valence-corrected chi connectivity index (χ4v) is 5.30. The number of nitrogens with zero attached hydrogens (tertiary/aromatic N) is 3. The predicted octanol–water partition coefficient (Wildman–Crippen LogP) is 3.38. The molecule has 31 heavy (non-hydrogen) atoms. The van der Waals surface area contributed by atoms with E-state index in [4.69, 9.17) is 0 Å². The SMILES string of the molecule is O=C(Nc1ccc(N2CCc3sccc3C2)cc1)C(=O)N1CCC(c2ncc[nH]2)CC1. The monoisotopic (exact) mass is 435 g/mol. The lowest BCUT2D eigenvalue weighted by Crippen LogP contribution is -2.43. The second-order valence-electron chi connectivity index (χ2n) is 8.08. The summed E-state index contributed by atoms with van der Waals surface area (Å²) < 4.78 is 0. The van der Waals surface area contributed by atoms with Gasteiger partial charge in [-0.15, -0.1) is 11.3 Å². The van der Waals surface area contributed by atoms with Gasteiger partial charge in [-0.1, -0.05) is 0 Å². The minimum atomic E-state index is -0.579. The molecule has 8 heteroatoms. The van der Waals surface area contributed by atoms with Crippen molar-refractivity contribution in [3.05, 3.63) is 64.4 Å². The minimum Gasteiger partial charge on any atom is -0.367 e. The van der Waals surface area contributed by atoms with E-state index in [2.05, 4.69) is 31.6 Å². The van der Waals surface area contributed by atoms with E-state index in [-0.39, 0.29) is 0 Å². The summed E-state index contributed by atoms with van der Waals surface area (Å²) in [5, 5.41) is 4.91. The highest BCUT2D eigenvalue weighted by atomic mass is 32.1. The topological polar surface area (TPSA) is 81.3 Å². The Kier molecular flexibility index (Phi) is 5.46. The largest absolute Gasteiger partial charge is 0.367 e. The molecule has 2 aliphatic rings. The number of hydrogen-bond donors (Lipinski definition) is 2. The number of rotatable bonds is 3. The minimum absolute atomic E-state index is 0.314. The zero-order valence-corrected chi connectivity index (χ0v) is 18.0. The fourth-order valence-electron chi connectivity index (χ4n) is 4.41. The van der Waals surface area contributed by atoms with Crippen LogP contribution in [0.25, 0.3) is 0 Å². The van der Waals surface area contributed by atoms with Gasteiger partial charge in [0, 0.05) is 60.7 Å². The van der Waals surface area contributed by atoms with E-state index in [1.807, 2.05) is 41.8 Å². The van der Waals surface area contributed by atoms with Crippen LogP contribution in [0.3, 0.4) is 0 Å². The van der Waals surface area contributed by atoms with Crippen molar-refractivity contribution in [2.75, 3.05) is 29.9 Å². The summed E-state index contributed by atoms with van der Waals surface area (Å²) in [5.74, 6) is 0.225. The Morgan fingerprint density at radius 3 is 2.65 bits per heavy atom. The third-order valence-corrected chi connectivity index (χ3v) is 7.20. The van der Waals surface area contributed by atoms with E-state index < -0.39 is 11.8 Å². The van der Waals surface area contributed by atoms with Crippen molar-refractivity contribution >= 4 is 34.5 Å². The van der Waals surface area contributed by atoms with Crippen molar-refractivity contribution in [2.45, 2.75) is 31.7 Å². The fraction of sp³-hybridized carbons (Fsp3) is 0.348. The van der Waals surface area contributed by atoms with Crippen LogP contribution in [0.5, 0.6) is 0 Å². The van der Waals surface area contributed by atoms with E-state index in [0.717, 1.165) is 43.9 Å². The van der Waals surface area contributed by atoms with Crippen molar-refractivity contribution < 1.29 is 9.59 Å². The molecule has 2 aliphatic heterocycles. The van der Waals surface area contributed by atoms with Crippen molar-refractivity contribution in [1.29, 1.82) is 0 Å². The molecule has 1 saturated heterocycles. The highest BCUT2D eigenvalue weighted by molar-refractivity contribution is 7.10. The first-order chi connectivity index (χ1) is 15.2. The van der Waals surface area contributed by atoms with Crippen molar-refractivity contribution in [3.63, 3.8) is 0 Å². The maximum Gasteiger partial charge on any atom is 0.313 e. The molecule has 0 spiro atoms. The molecular formula is C23H25N5O2S. The predicted molar refractivity (Wildman–Crippen MR) is 121 cm³/mol. The van der Waals surface area contributed by atoms with Crippen LogP contribution < -0.4 is 10.2 Å². The first kappa shape index (κ1) is 19.8. The highest BCUT2D eigenvalue weighted by Crippen LogP contribution is 2.29. The lowest BCUT2D eigenvalue weighted by atomic mass is 9.96. The maximum atomic E-state index is 12.6. The van der Waals surface area contributed by atoms with Crippen LogP contribution in [0, 0.1) is 0 Å². The van der Waals surface area contributed by atoms with Gasteiger partial charge in [0.05, 0.1) is 0 Å². The molecule has 7 nitrogen and oxygen atoms in total. The molecule has 5 rings (SSSR count). The summed E-state index contributed by atoms with van der Waals surface area (Å²) >= 11 is 1.83. The quantitative estimate of drug-likeness (QED) is 0.618. The van der Waals surface area contributed by atoms with Gasteiger partial charge in [0.25, 0.3) is 0 Å². The molecule has 4 heterocycles. The molecule has 2 aromatic heterocycles. The number of amides is 2. The van der Waals surface area contributed by atoms with Gasteiger partial charge >= 0.3 is 11.8 Å². The lowest BCUT2D eigenvalue weighted by molar-refractivity contribution is -0.143.